The number of H-pyrrole nitrogens is 1. The fraction of sp³-hybridized carbons (Fsp3) is 0.294. The number of nitrogens with two attached hydrogens (primary N) is 1. The lowest BCUT2D eigenvalue weighted by molar-refractivity contribution is 0.0682. The molecule has 1 aromatic heterocycles. The molecule has 0 aliphatic carbocycles. The topological polar surface area (TPSA) is 79.0 Å². The van der Waals surface area contributed by atoms with Crippen molar-refractivity contribution < 1.29 is 4.74 Å². The van der Waals surface area contributed by atoms with Crippen molar-refractivity contribution in [3.05, 3.63) is 35.9 Å². The maximum atomic E-state index is 5.76. The minimum Gasteiger partial charge on any atom is -0.399 e. The highest BCUT2D eigenvalue weighted by atomic mass is 16.5. The summed E-state index contributed by atoms with van der Waals surface area (Å²) in [7, 11) is 1.80. The average Bonchev–Trinajstić information content (AvgIpc) is 3.01. The molecule has 0 amide bonds. The smallest absolute Gasteiger partial charge is 0.140 e. The molecule has 3 rings (SSSR count). The number of ether oxygens (including phenoxy) is 1. The van der Waals surface area contributed by atoms with Gasteiger partial charge in [-0.3, -0.25) is 4.99 Å². The van der Waals surface area contributed by atoms with E-state index in [4.69, 9.17) is 10.5 Å². The molecule has 0 radical (unpaired) electrons. The first-order chi connectivity index (χ1) is 11.2. The van der Waals surface area contributed by atoms with Crippen LogP contribution in [0.25, 0.3) is 11.3 Å². The maximum absolute atomic E-state index is 5.76. The van der Waals surface area contributed by atoms with E-state index in [0.717, 1.165) is 47.3 Å². The van der Waals surface area contributed by atoms with Crippen LogP contribution in [0.1, 0.15) is 5.56 Å². The summed E-state index contributed by atoms with van der Waals surface area (Å²) in [5, 5.41) is 0. The summed E-state index contributed by atoms with van der Waals surface area (Å²) in [5.74, 6) is 1.64. The Kier molecular flexibility index (Phi) is 4.43. The third-order valence-electron chi connectivity index (χ3n) is 3.94. The molecule has 2 heterocycles. The molecule has 6 nitrogen and oxygen atoms in total. The SMILES string of the molecule is C=Nc1[nH]c(-c2ccc(N)cc2)cc1C(=NC)N1CCOCC1. The molecule has 3 N–H and O–H groups in total. The van der Waals surface area contributed by atoms with Gasteiger partial charge in [0.1, 0.15) is 11.7 Å². The summed E-state index contributed by atoms with van der Waals surface area (Å²) < 4.78 is 5.42. The Morgan fingerprint density at radius 2 is 1.96 bits per heavy atom. The first-order valence-corrected chi connectivity index (χ1v) is 7.58. The fourth-order valence-corrected chi connectivity index (χ4v) is 2.76. The molecule has 1 aliphatic rings. The van der Waals surface area contributed by atoms with Gasteiger partial charge in [-0.15, -0.1) is 0 Å². The zero-order valence-electron chi connectivity index (χ0n) is 13.2. The zero-order valence-corrected chi connectivity index (χ0v) is 13.2. The molecule has 0 unspecified atom stereocenters. The van der Waals surface area contributed by atoms with Crippen molar-refractivity contribution in [1.82, 2.24) is 9.88 Å². The van der Waals surface area contributed by atoms with Crippen LogP contribution in [0.3, 0.4) is 0 Å². The molecule has 23 heavy (non-hydrogen) atoms. The number of hydrogen-bond donors (Lipinski definition) is 2. The molecule has 1 saturated heterocycles. The summed E-state index contributed by atoms with van der Waals surface area (Å²) in [4.78, 5) is 14.1. The Morgan fingerprint density at radius 3 is 2.57 bits per heavy atom. The van der Waals surface area contributed by atoms with Gasteiger partial charge in [0.05, 0.1) is 18.8 Å². The number of aromatic nitrogens is 1. The lowest BCUT2D eigenvalue weighted by Crippen LogP contribution is -2.41. The van der Waals surface area contributed by atoms with E-state index < -0.39 is 0 Å². The molecule has 120 valence electrons. The third-order valence-corrected chi connectivity index (χ3v) is 3.94. The van der Waals surface area contributed by atoms with Gasteiger partial charge >= 0.3 is 0 Å². The van der Waals surface area contributed by atoms with Gasteiger partial charge in [0.2, 0.25) is 0 Å². The standard InChI is InChI=1S/C17H21N5O/c1-19-16-14(17(20-2)22-7-9-23-10-8-22)11-15(21-16)12-3-5-13(18)6-4-12/h3-6,11,21H,1,7-10,18H2,2H3. The van der Waals surface area contributed by atoms with Gasteiger partial charge < -0.3 is 20.4 Å². The highest BCUT2D eigenvalue weighted by Crippen LogP contribution is 2.28. The summed E-state index contributed by atoms with van der Waals surface area (Å²) in [6.45, 7) is 6.75. The summed E-state index contributed by atoms with van der Waals surface area (Å²) in [6.07, 6.45) is 0. The van der Waals surface area contributed by atoms with E-state index in [2.05, 4.69) is 32.7 Å². The highest BCUT2D eigenvalue weighted by Gasteiger charge is 2.21. The fourth-order valence-electron chi connectivity index (χ4n) is 2.76. The van der Waals surface area contributed by atoms with E-state index >= 15 is 0 Å². The van der Waals surface area contributed by atoms with Crippen molar-refractivity contribution >= 4 is 24.1 Å². The second-order valence-electron chi connectivity index (χ2n) is 5.37. The predicted molar refractivity (Wildman–Crippen MR) is 94.7 cm³/mol. The van der Waals surface area contributed by atoms with Crippen molar-refractivity contribution in [1.29, 1.82) is 0 Å². The molecular weight excluding hydrogens is 290 g/mol. The van der Waals surface area contributed by atoms with Gasteiger partial charge in [-0.2, -0.15) is 0 Å². The molecule has 2 aromatic rings. The molecular formula is C17H21N5O. The first-order valence-electron chi connectivity index (χ1n) is 7.58. The number of nitrogens with one attached hydrogen (secondary N) is 1. The van der Waals surface area contributed by atoms with E-state index in [1.54, 1.807) is 7.05 Å². The number of anilines is 1. The Labute approximate surface area is 135 Å². The first kappa shape index (κ1) is 15.3. The molecule has 0 atom stereocenters. The zero-order chi connectivity index (χ0) is 16.2. The van der Waals surface area contributed by atoms with Crippen LogP contribution >= 0.6 is 0 Å². The summed E-state index contributed by atoms with van der Waals surface area (Å²) in [5.41, 5.74) is 9.47. The Bertz CT molecular complexity index is 711. The number of rotatable bonds is 3. The molecule has 0 spiro atoms. The van der Waals surface area contributed by atoms with Crippen molar-refractivity contribution in [2.75, 3.05) is 39.1 Å². The van der Waals surface area contributed by atoms with Crippen LogP contribution in [-0.4, -0.2) is 55.8 Å². The van der Waals surface area contributed by atoms with E-state index in [1.807, 2.05) is 24.3 Å². The van der Waals surface area contributed by atoms with Crippen LogP contribution in [0.15, 0.2) is 40.3 Å². The van der Waals surface area contributed by atoms with Crippen molar-refractivity contribution in [2.24, 2.45) is 9.98 Å². The van der Waals surface area contributed by atoms with Gasteiger partial charge in [-0.1, -0.05) is 12.1 Å². The molecule has 6 heteroatoms. The maximum Gasteiger partial charge on any atom is 0.140 e. The molecule has 1 aromatic carbocycles. The van der Waals surface area contributed by atoms with Crippen LogP contribution in [0.2, 0.25) is 0 Å². The van der Waals surface area contributed by atoms with E-state index in [1.165, 1.54) is 0 Å². The van der Waals surface area contributed by atoms with Gasteiger partial charge in [0.15, 0.2) is 0 Å². The van der Waals surface area contributed by atoms with Crippen LogP contribution in [0.5, 0.6) is 0 Å². The van der Waals surface area contributed by atoms with Crippen LogP contribution < -0.4 is 5.73 Å². The monoisotopic (exact) mass is 311 g/mol. The second kappa shape index (κ2) is 6.66. The molecule has 1 aliphatic heterocycles. The highest BCUT2D eigenvalue weighted by molar-refractivity contribution is 6.04. The number of nitrogen functional groups attached to an aromatic ring is 1. The predicted octanol–water partition coefficient (Wildman–Crippen LogP) is 2.30. The number of aromatic amines is 1. The van der Waals surface area contributed by atoms with E-state index in [-0.39, 0.29) is 0 Å². The molecule has 0 saturated carbocycles. The number of hydrogen-bond acceptors (Lipinski definition) is 4. The normalized spacial score (nSPS) is 15.7. The quantitative estimate of drug-likeness (QED) is 0.518. The van der Waals surface area contributed by atoms with Gasteiger partial charge in [-0.05, 0) is 30.5 Å². The Morgan fingerprint density at radius 1 is 1.26 bits per heavy atom. The van der Waals surface area contributed by atoms with Crippen molar-refractivity contribution in [3.8, 4) is 11.3 Å². The van der Waals surface area contributed by atoms with E-state index in [9.17, 15) is 0 Å². The molecule has 1 fully saturated rings. The lowest BCUT2D eigenvalue weighted by Gasteiger charge is -2.29. The largest absolute Gasteiger partial charge is 0.399 e. The number of aliphatic imine (C=N–C) groups is 2. The van der Waals surface area contributed by atoms with Crippen molar-refractivity contribution in [3.63, 3.8) is 0 Å². The van der Waals surface area contributed by atoms with Crippen LogP contribution in [0, 0.1) is 0 Å². The number of benzene rings is 1. The lowest BCUT2D eigenvalue weighted by atomic mass is 10.1. The molecule has 0 bridgehead atoms. The minimum atomic E-state index is 0.713. The van der Waals surface area contributed by atoms with Crippen LogP contribution in [0.4, 0.5) is 11.5 Å². The third kappa shape index (κ3) is 3.12. The number of morpholine rings is 1. The summed E-state index contributed by atoms with van der Waals surface area (Å²) >= 11 is 0. The Hall–Kier alpha value is -2.60. The van der Waals surface area contributed by atoms with Gasteiger partial charge in [0.25, 0.3) is 0 Å². The van der Waals surface area contributed by atoms with E-state index in [0.29, 0.717) is 13.2 Å². The minimum absolute atomic E-state index is 0.713. The van der Waals surface area contributed by atoms with Gasteiger partial charge in [-0.25, -0.2) is 4.99 Å². The number of nitrogens with zero attached hydrogens (tertiary/aromatic N) is 3. The van der Waals surface area contributed by atoms with Gasteiger partial charge in [0, 0.05) is 31.5 Å². The summed E-state index contributed by atoms with van der Waals surface area (Å²) in [6, 6.07) is 9.79. The Balaban J connectivity index is 1.98. The average molecular weight is 311 g/mol. The second-order valence-corrected chi connectivity index (χ2v) is 5.37. The van der Waals surface area contributed by atoms with Crippen molar-refractivity contribution in [2.45, 2.75) is 0 Å². The van der Waals surface area contributed by atoms with Crippen LogP contribution in [-0.2, 0) is 4.74 Å². The number of amidine groups is 1.